The van der Waals surface area contributed by atoms with Gasteiger partial charge in [0.1, 0.15) is 18.0 Å². The third-order valence-electron chi connectivity index (χ3n) is 2.42. The number of amides is 2. The Morgan fingerprint density at radius 3 is 2.43 bits per heavy atom. The Morgan fingerprint density at radius 1 is 1.19 bits per heavy atom. The Morgan fingerprint density at radius 2 is 1.86 bits per heavy atom. The number of rotatable bonds is 6. The van der Waals surface area contributed by atoms with E-state index in [2.05, 4.69) is 15.4 Å². The summed E-state index contributed by atoms with van der Waals surface area (Å²) in [6.07, 6.45) is -0.659. The number of hydrogen-bond acceptors (Lipinski definition) is 5. The van der Waals surface area contributed by atoms with Crippen LogP contribution in [0.2, 0.25) is 5.02 Å². The van der Waals surface area contributed by atoms with Crippen molar-refractivity contribution in [1.82, 2.24) is 5.32 Å². The third-order valence-corrected chi connectivity index (χ3v) is 2.71. The summed E-state index contributed by atoms with van der Waals surface area (Å²) in [5.41, 5.74) is 0.384. The lowest BCUT2D eigenvalue weighted by Gasteiger charge is -2.13. The highest BCUT2D eigenvalue weighted by molar-refractivity contribution is 6.32. The fourth-order valence-electron chi connectivity index (χ4n) is 1.49. The van der Waals surface area contributed by atoms with Crippen molar-refractivity contribution in [3.8, 4) is 11.5 Å². The molecule has 2 amide bonds. The molecule has 0 heterocycles. The number of carbonyl (C=O) groups is 2. The maximum Gasteiger partial charge on any atom is 0.407 e. The van der Waals surface area contributed by atoms with Crippen LogP contribution >= 0.6 is 11.6 Å². The van der Waals surface area contributed by atoms with Gasteiger partial charge in [0.2, 0.25) is 5.91 Å². The van der Waals surface area contributed by atoms with E-state index in [1.165, 1.54) is 26.4 Å². The highest BCUT2D eigenvalue weighted by Crippen LogP contribution is 2.35. The summed E-state index contributed by atoms with van der Waals surface area (Å²) in [5.74, 6) is 0.335. The van der Waals surface area contributed by atoms with Gasteiger partial charge in [0.15, 0.2) is 0 Å². The van der Waals surface area contributed by atoms with Gasteiger partial charge >= 0.3 is 6.09 Å². The minimum absolute atomic E-state index is 0.229. The zero-order valence-corrected chi connectivity index (χ0v) is 12.7. The highest BCUT2D eigenvalue weighted by Gasteiger charge is 2.13. The van der Waals surface area contributed by atoms with E-state index < -0.39 is 12.0 Å². The minimum Gasteiger partial charge on any atom is -0.495 e. The van der Waals surface area contributed by atoms with Crippen molar-refractivity contribution in [2.45, 2.75) is 6.92 Å². The molecular formula is C13H17ClN2O5. The lowest BCUT2D eigenvalue weighted by molar-refractivity contribution is -0.115. The van der Waals surface area contributed by atoms with Crippen LogP contribution < -0.4 is 20.1 Å². The normalized spacial score (nSPS) is 9.71. The van der Waals surface area contributed by atoms with Gasteiger partial charge in [-0.15, -0.1) is 0 Å². The van der Waals surface area contributed by atoms with E-state index in [0.717, 1.165) is 0 Å². The summed E-state index contributed by atoms with van der Waals surface area (Å²) < 4.78 is 14.8. The van der Waals surface area contributed by atoms with Gasteiger partial charge in [0, 0.05) is 12.1 Å². The topological polar surface area (TPSA) is 85.9 Å². The molecule has 8 heteroatoms. The quantitative estimate of drug-likeness (QED) is 0.839. The van der Waals surface area contributed by atoms with Gasteiger partial charge in [0.25, 0.3) is 0 Å². The molecule has 0 radical (unpaired) electrons. The molecule has 0 saturated carbocycles. The molecule has 0 spiro atoms. The molecule has 0 aromatic heterocycles. The molecule has 1 aromatic carbocycles. The number of carbonyl (C=O) groups excluding carboxylic acids is 2. The van der Waals surface area contributed by atoms with Crippen LogP contribution in [0.4, 0.5) is 10.5 Å². The number of halogens is 1. The second-order valence-corrected chi connectivity index (χ2v) is 4.22. The van der Waals surface area contributed by atoms with Crippen molar-refractivity contribution >= 4 is 29.3 Å². The number of anilines is 1. The van der Waals surface area contributed by atoms with Crippen LogP contribution in [0.15, 0.2) is 12.1 Å². The van der Waals surface area contributed by atoms with E-state index >= 15 is 0 Å². The predicted molar refractivity (Wildman–Crippen MR) is 78.2 cm³/mol. The van der Waals surface area contributed by atoms with Crippen LogP contribution in [-0.2, 0) is 9.53 Å². The molecule has 0 aliphatic carbocycles. The average Bonchev–Trinajstić information content (AvgIpc) is 2.46. The number of alkyl carbamates (subject to hydrolysis) is 1. The Balaban J connectivity index is 2.73. The molecule has 1 rings (SSSR count). The molecule has 0 saturated heterocycles. The largest absolute Gasteiger partial charge is 0.495 e. The van der Waals surface area contributed by atoms with E-state index in [-0.39, 0.29) is 13.2 Å². The Labute approximate surface area is 127 Å². The molecule has 1 aromatic rings. The molecule has 0 fully saturated rings. The summed E-state index contributed by atoms with van der Waals surface area (Å²) in [5, 5.41) is 5.26. The van der Waals surface area contributed by atoms with Crippen molar-refractivity contribution in [1.29, 1.82) is 0 Å². The van der Waals surface area contributed by atoms with E-state index in [1.54, 1.807) is 6.92 Å². The zero-order chi connectivity index (χ0) is 15.8. The molecular weight excluding hydrogens is 300 g/mol. The maximum absolute atomic E-state index is 11.8. The van der Waals surface area contributed by atoms with Gasteiger partial charge in [-0.2, -0.15) is 0 Å². The van der Waals surface area contributed by atoms with E-state index in [1.807, 2.05) is 0 Å². The first-order chi connectivity index (χ1) is 10.0. The zero-order valence-electron chi connectivity index (χ0n) is 12.0. The van der Waals surface area contributed by atoms with Gasteiger partial charge in [-0.3, -0.25) is 4.79 Å². The number of benzene rings is 1. The first-order valence-corrected chi connectivity index (χ1v) is 6.51. The monoisotopic (exact) mass is 316 g/mol. The van der Waals surface area contributed by atoms with Gasteiger partial charge in [-0.1, -0.05) is 11.6 Å². The third kappa shape index (κ3) is 5.03. The molecule has 7 nitrogen and oxygen atoms in total. The maximum atomic E-state index is 11.8. The van der Waals surface area contributed by atoms with Gasteiger partial charge in [-0.05, 0) is 6.92 Å². The molecule has 2 N–H and O–H groups in total. The molecule has 0 aliphatic rings. The van der Waals surface area contributed by atoms with E-state index in [0.29, 0.717) is 22.2 Å². The lowest BCUT2D eigenvalue weighted by Crippen LogP contribution is -2.33. The van der Waals surface area contributed by atoms with Crippen molar-refractivity contribution in [2.75, 3.05) is 32.7 Å². The number of methoxy groups -OCH3 is 2. The fraction of sp³-hybridized carbons (Fsp3) is 0.385. The summed E-state index contributed by atoms with van der Waals surface area (Å²) in [6.45, 7) is 1.67. The number of nitrogens with one attached hydrogen (secondary N) is 2. The number of hydrogen-bond donors (Lipinski definition) is 2. The van der Waals surface area contributed by atoms with Crippen LogP contribution in [0.5, 0.6) is 11.5 Å². The standard InChI is InChI=1S/C13H17ClN2O5/c1-4-21-13(18)15-7-12(17)16-9-6-10(19-2)8(14)5-11(9)20-3/h5-6H,4,7H2,1-3H3,(H,15,18)(H,16,17). The predicted octanol–water partition coefficient (Wildman–Crippen LogP) is 2.04. The van der Waals surface area contributed by atoms with Crippen molar-refractivity contribution in [2.24, 2.45) is 0 Å². The Bertz CT molecular complexity index is 522. The van der Waals surface area contributed by atoms with Gasteiger partial charge in [-0.25, -0.2) is 4.79 Å². The van der Waals surface area contributed by atoms with Crippen molar-refractivity contribution in [3.63, 3.8) is 0 Å². The second kappa shape index (κ2) is 8.21. The highest BCUT2D eigenvalue weighted by atomic mass is 35.5. The summed E-state index contributed by atoms with van der Waals surface area (Å²) in [7, 11) is 2.91. The fourth-order valence-corrected chi connectivity index (χ4v) is 1.72. The van der Waals surface area contributed by atoms with Crippen LogP contribution in [0.25, 0.3) is 0 Å². The van der Waals surface area contributed by atoms with Crippen molar-refractivity contribution in [3.05, 3.63) is 17.2 Å². The first kappa shape index (κ1) is 16.9. The minimum atomic E-state index is -0.659. The van der Waals surface area contributed by atoms with Gasteiger partial charge in [0.05, 0.1) is 31.5 Å². The van der Waals surface area contributed by atoms with Crippen LogP contribution in [0.3, 0.4) is 0 Å². The number of ether oxygens (including phenoxy) is 3. The molecule has 0 bridgehead atoms. The summed E-state index contributed by atoms with van der Waals surface area (Å²) in [6, 6.07) is 3.05. The van der Waals surface area contributed by atoms with Crippen LogP contribution in [0, 0.1) is 0 Å². The van der Waals surface area contributed by atoms with Gasteiger partial charge < -0.3 is 24.8 Å². The molecule has 0 atom stereocenters. The smallest absolute Gasteiger partial charge is 0.407 e. The molecule has 0 aliphatic heterocycles. The molecule has 0 unspecified atom stereocenters. The Hall–Kier alpha value is -2.15. The molecule has 116 valence electrons. The molecule has 21 heavy (non-hydrogen) atoms. The summed E-state index contributed by atoms with van der Waals surface area (Å²) in [4.78, 5) is 22.9. The van der Waals surface area contributed by atoms with Crippen LogP contribution in [0.1, 0.15) is 6.92 Å². The van der Waals surface area contributed by atoms with E-state index in [9.17, 15) is 9.59 Å². The average molecular weight is 317 g/mol. The first-order valence-electron chi connectivity index (χ1n) is 6.13. The Kier molecular flexibility index (Phi) is 6.61. The van der Waals surface area contributed by atoms with Crippen LogP contribution in [-0.4, -0.2) is 39.4 Å². The van der Waals surface area contributed by atoms with Crippen molar-refractivity contribution < 1.29 is 23.8 Å². The van der Waals surface area contributed by atoms with E-state index in [4.69, 9.17) is 21.1 Å². The SMILES string of the molecule is CCOC(=O)NCC(=O)Nc1cc(OC)c(Cl)cc1OC. The summed E-state index contributed by atoms with van der Waals surface area (Å²) >= 11 is 5.96. The lowest BCUT2D eigenvalue weighted by atomic mass is 10.2. The second-order valence-electron chi connectivity index (χ2n) is 3.81.